The first kappa shape index (κ1) is 8.97. The van der Waals surface area contributed by atoms with Gasteiger partial charge in [0, 0.05) is 12.6 Å². The standard InChI is InChI=1S/C8H17NO2/c1-8(2,10)5-7-6-11-4-3-9-7/h7,9-10H,3-6H2,1-2H3. The van der Waals surface area contributed by atoms with Crippen molar-refractivity contribution >= 4 is 0 Å². The van der Waals surface area contributed by atoms with Crippen molar-refractivity contribution in [3.63, 3.8) is 0 Å². The van der Waals surface area contributed by atoms with Crippen LogP contribution in [0.1, 0.15) is 20.3 Å². The van der Waals surface area contributed by atoms with Crippen molar-refractivity contribution in [3.8, 4) is 0 Å². The van der Waals surface area contributed by atoms with Crippen LogP contribution in [0.25, 0.3) is 0 Å². The van der Waals surface area contributed by atoms with E-state index < -0.39 is 5.60 Å². The Morgan fingerprint density at radius 3 is 2.82 bits per heavy atom. The lowest BCUT2D eigenvalue weighted by Gasteiger charge is -2.28. The number of hydrogen-bond donors (Lipinski definition) is 2. The number of hydrogen-bond acceptors (Lipinski definition) is 3. The molecule has 1 fully saturated rings. The van der Waals surface area contributed by atoms with Crippen LogP contribution in [0, 0.1) is 0 Å². The van der Waals surface area contributed by atoms with Gasteiger partial charge in [0.2, 0.25) is 0 Å². The molecular formula is C8H17NO2. The maximum Gasteiger partial charge on any atom is 0.0621 e. The van der Waals surface area contributed by atoms with Gasteiger partial charge < -0.3 is 15.2 Å². The molecule has 0 saturated carbocycles. The third-order valence-electron chi connectivity index (χ3n) is 1.74. The van der Waals surface area contributed by atoms with E-state index in [9.17, 15) is 5.11 Å². The molecule has 3 heteroatoms. The molecule has 2 N–H and O–H groups in total. The van der Waals surface area contributed by atoms with Crippen LogP contribution in [0.3, 0.4) is 0 Å². The quantitative estimate of drug-likeness (QED) is 0.602. The summed E-state index contributed by atoms with van der Waals surface area (Å²) in [4.78, 5) is 0. The van der Waals surface area contributed by atoms with Gasteiger partial charge in [0.05, 0.1) is 18.8 Å². The minimum atomic E-state index is -0.585. The summed E-state index contributed by atoms with van der Waals surface area (Å²) in [7, 11) is 0. The van der Waals surface area contributed by atoms with Gasteiger partial charge in [-0.1, -0.05) is 0 Å². The molecular weight excluding hydrogens is 142 g/mol. The molecule has 0 bridgehead atoms. The van der Waals surface area contributed by atoms with Gasteiger partial charge in [-0.25, -0.2) is 0 Å². The topological polar surface area (TPSA) is 41.5 Å². The van der Waals surface area contributed by atoms with E-state index >= 15 is 0 Å². The van der Waals surface area contributed by atoms with Crippen LogP contribution in [-0.4, -0.2) is 36.5 Å². The Morgan fingerprint density at radius 1 is 1.64 bits per heavy atom. The molecule has 0 aromatic heterocycles. The van der Waals surface area contributed by atoms with Gasteiger partial charge in [-0.05, 0) is 20.3 Å². The monoisotopic (exact) mass is 159 g/mol. The SMILES string of the molecule is CC(C)(O)CC1COCCN1. The highest BCUT2D eigenvalue weighted by Crippen LogP contribution is 2.12. The smallest absolute Gasteiger partial charge is 0.0621 e. The summed E-state index contributed by atoms with van der Waals surface area (Å²) in [6.45, 7) is 6.07. The Kier molecular flexibility index (Phi) is 2.87. The van der Waals surface area contributed by atoms with E-state index in [1.54, 1.807) is 0 Å². The van der Waals surface area contributed by atoms with Gasteiger partial charge in [0.1, 0.15) is 0 Å². The molecule has 1 aliphatic heterocycles. The second-order valence-electron chi connectivity index (χ2n) is 3.74. The molecule has 11 heavy (non-hydrogen) atoms. The molecule has 66 valence electrons. The van der Waals surface area contributed by atoms with Crippen LogP contribution < -0.4 is 5.32 Å². The van der Waals surface area contributed by atoms with Gasteiger partial charge >= 0.3 is 0 Å². The third-order valence-corrected chi connectivity index (χ3v) is 1.74. The number of nitrogens with one attached hydrogen (secondary N) is 1. The molecule has 0 radical (unpaired) electrons. The van der Waals surface area contributed by atoms with Crippen molar-refractivity contribution in [1.82, 2.24) is 5.32 Å². The van der Waals surface area contributed by atoms with E-state index in [1.807, 2.05) is 13.8 Å². The zero-order chi connectivity index (χ0) is 8.32. The van der Waals surface area contributed by atoms with E-state index in [0.29, 0.717) is 6.04 Å². The van der Waals surface area contributed by atoms with Gasteiger partial charge in [-0.2, -0.15) is 0 Å². The van der Waals surface area contributed by atoms with Crippen LogP contribution in [0.5, 0.6) is 0 Å². The van der Waals surface area contributed by atoms with Crippen molar-refractivity contribution in [2.45, 2.75) is 31.9 Å². The van der Waals surface area contributed by atoms with Crippen molar-refractivity contribution < 1.29 is 9.84 Å². The molecule has 1 atom stereocenters. The average Bonchev–Trinajstić information content (AvgIpc) is 1.85. The van der Waals surface area contributed by atoms with Gasteiger partial charge in [-0.15, -0.1) is 0 Å². The van der Waals surface area contributed by atoms with Gasteiger partial charge in [0.15, 0.2) is 0 Å². The van der Waals surface area contributed by atoms with Crippen molar-refractivity contribution in [2.75, 3.05) is 19.8 Å². The fourth-order valence-corrected chi connectivity index (χ4v) is 1.35. The van der Waals surface area contributed by atoms with Gasteiger partial charge in [0.25, 0.3) is 0 Å². The minimum Gasteiger partial charge on any atom is -0.390 e. The zero-order valence-corrected chi connectivity index (χ0v) is 7.26. The molecule has 1 heterocycles. The highest BCUT2D eigenvalue weighted by molar-refractivity contribution is 4.78. The van der Waals surface area contributed by atoms with E-state index in [2.05, 4.69) is 5.32 Å². The largest absolute Gasteiger partial charge is 0.390 e. The molecule has 3 nitrogen and oxygen atoms in total. The summed E-state index contributed by atoms with van der Waals surface area (Å²) in [6, 6.07) is 0.323. The first-order chi connectivity index (χ1) is 5.08. The Labute approximate surface area is 67.7 Å². The molecule has 0 aliphatic carbocycles. The molecule has 0 amide bonds. The van der Waals surface area contributed by atoms with E-state index in [1.165, 1.54) is 0 Å². The Bertz CT molecular complexity index is 114. The second-order valence-corrected chi connectivity index (χ2v) is 3.74. The van der Waals surface area contributed by atoms with Crippen LogP contribution in [0.4, 0.5) is 0 Å². The average molecular weight is 159 g/mol. The second kappa shape index (κ2) is 3.52. The fourth-order valence-electron chi connectivity index (χ4n) is 1.35. The van der Waals surface area contributed by atoms with E-state index in [4.69, 9.17) is 4.74 Å². The molecule has 0 aromatic rings. The van der Waals surface area contributed by atoms with Crippen molar-refractivity contribution in [3.05, 3.63) is 0 Å². The van der Waals surface area contributed by atoms with Crippen LogP contribution in [-0.2, 0) is 4.74 Å². The van der Waals surface area contributed by atoms with Crippen LogP contribution in [0.2, 0.25) is 0 Å². The zero-order valence-electron chi connectivity index (χ0n) is 7.26. The molecule has 1 unspecified atom stereocenters. The summed E-state index contributed by atoms with van der Waals surface area (Å²) in [6.07, 6.45) is 0.757. The first-order valence-electron chi connectivity index (χ1n) is 4.11. The summed E-state index contributed by atoms with van der Waals surface area (Å²) >= 11 is 0. The Balaban J connectivity index is 2.24. The lowest BCUT2D eigenvalue weighted by Crippen LogP contribution is -2.45. The van der Waals surface area contributed by atoms with E-state index in [0.717, 1.165) is 26.2 Å². The lowest BCUT2D eigenvalue weighted by molar-refractivity contribution is 0.0175. The Morgan fingerprint density at radius 2 is 2.36 bits per heavy atom. The molecule has 1 aliphatic rings. The van der Waals surface area contributed by atoms with Crippen molar-refractivity contribution in [2.24, 2.45) is 0 Å². The third kappa shape index (κ3) is 3.70. The number of rotatable bonds is 2. The van der Waals surface area contributed by atoms with Crippen LogP contribution >= 0.6 is 0 Å². The normalized spacial score (nSPS) is 27.0. The maximum absolute atomic E-state index is 9.47. The maximum atomic E-state index is 9.47. The molecule has 1 rings (SSSR count). The number of ether oxygens (including phenoxy) is 1. The molecule has 0 aromatic carbocycles. The van der Waals surface area contributed by atoms with E-state index in [-0.39, 0.29) is 0 Å². The number of aliphatic hydroxyl groups is 1. The molecule has 0 spiro atoms. The summed E-state index contributed by atoms with van der Waals surface area (Å²) < 4.78 is 5.25. The minimum absolute atomic E-state index is 0.323. The highest BCUT2D eigenvalue weighted by Gasteiger charge is 2.21. The van der Waals surface area contributed by atoms with Crippen molar-refractivity contribution in [1.29, 1.82) is 0 Å². The molecule has 1 saturated heterocycles. The van der Waals surface area contributed by atoms with Crippen LogP contribution in [0.15, 0.2) is 0 Å². The van der Waals surface area contributed by atoms with Gasteiger partial charge in [-0.3, -0.25) is 0 Å². The predicted molar refractivity (Wildman–Crippen MR) is 43.5 cm³/mol. The predicted octanol–water partition coefficient (Wildman–Crippen LogP) is 0.136. The lowest BCUT2D eigenvalue weighted by atomic mass is 9.99. The number of morpholine rings is 1. The Hall–Kier alpha value is -0.120. The summed E-state index contributed by atoms with van der Waals surface area (Å²) in [5, 5.41) is 12.8. The first-order valence-corrected chi connectivity index (χ1v) is 4.11. The fraction of sp³-hybridized carbons (Fsp3) is 1.00. The summed E-state index contributed by atoms with van der Waals surface area (Å²) in [5.74, 6) is 0. The summed E-state index contributed by atoms with van der Waals surface area (Å²) in [5.41, 5.74) is -0.585. The highest BCUT2D eigenvalue weighted by atomic mass is 16.5.